The van der Waals surface area contributed by atoms with Crippen LogP contribution in [0.5, 0.6) is 0 Å². The van der Waals surface area contributed by atoms with Gasteiger partial charge in [0.05, 0.1) is 0 Å². The molecule has 0 spiro atoms. The molecule has 0 radical (unpaired) electrons. The smallest absolute Gasteiger partial charge is 0.272 e. The Morgan fingerprint density at radius 3 is 2.85 bits per heavy atom. The molecule has 1 aliphatic rings. The Morgan fingerprint density at radius 2 is 2.11 bits per heavy atom. The maximum Gasteiger partial charge on any atom is 0.272 e. The van der Waals surface area contributed by atoms with Crippen LogP contribution in [0.4, 0.5) is 0 Å². The Bertz CT molecular complexity index is 753. The quantitative estimate of drug-likeness (QED) is 0.779. The second kappa shape index (κ2) is 9.18. The molecular weight excluding hydrogens is 336 g/mol. The summed E-state index contributed by atoms with van der Waals surface area (Å²) in [6.45, 7) is 3.98. The second-order valence-corrected chi connectivity index (χ2v) is 7.62. The molecule has 1 aromatic carbocycles. The average molecular weight is 369 g/mol. The van der Waals surface area contributed by atoms with Gasteiger partial charge in [0.25, 0.3) is 5.91 Å². The largest absolute Gasteiger partial charge is 0.350 e. The van der Waals surface area contributed by atoms with Gasteiger partial charge >= 0.3 is 0 Å². The van der Waals surface area contributed by atoms with Crippen LogP contribution < -0.4 is 5.32 Å². The number of benzene rings is 1. The van der Waals surface area contributed by atoms with Gasteiger partial charge in [-0.2, -0.15) is 5.10 Å². The van der Waals surface area contributed by atoms with Gasteiger partial charge in [-0.1, -0.05) is 43.7 Å². The number of aromatic nitrogens is 2. The Morgan fingerprint density at radius 1 is 1.33 bits per heavy atom. The molecule has 0 unspecified atom stereocenters. The summed E-state index contributed by atoms with van der Waals surface area (Å²) in [6, 6.07) is 10.8. The minimum Gasteiger partial charge on any atom is -0.350 e. The van der Waals surface area contributed by atoms with Gasteiger partial charge in [-0.15, -0.1) is 0 Å². The first-order valence-electron chi connectivity index (χ1n) is 10.2. The van der Waals surface area contributed by atoms with Crippen LogP contribution in [-0.2, 0) is 26.3 Å². The number of unbranched alkanes of at least 4 members (excludes halogenated alkanes) is 1. The van der Waals surface area contributed by atoms with E-state index in [4.69, 9.17) is 0 Å². The Labute approximate surface area is 162 Å². The average Bonchev–Trinajstić information content (AvgIpc) is 3.03. The first-order chi connectivity index (χ1) is 13.1. The third kappa shape index (κ3) is 4.78. The highest BCUT2D eigenvalue weighted by Gasteiger charge is 2.29. The number of aryl methyl sites for hydroxylation is 1. The summed E-state index contributed by atoms with van der Waals surface area (Å²) >= 11 is 0. The summed E-state index contributed by atoms with van der Waals surface area (Å²) < 4.78 is 1.91. The van der Waals surface area contributed by atoms with Gasteiger partial charge < -0.3 is 10.2 Å². The summed E-state index contributed by atoms with van der Waals surface area (Å²) in [5, 5.41) is 7.62. The Hall–Kier alpha value is -2.14. The second-order valence-electron chi connectivity index (χ2n) is 7.62. The number of rotatable bonds is 8. The molecular formula is C22H32N4O. The van der Waals surface area contributed by atoms with Gasteiger partial charge in [-0.05, 0) is 51.3 Å². The van der Waals surface area contributed by atoms with Crippen LogP contribution >= 0.6 is 0 Å². The molecule has 146 valence electrons. The summed E-state index contributed by atoms with van der Waals surface area (Å²) in [7, 11) is 4.17. The van der Waals surface area contributed by atoms with Crippen molar-refractivity contribution >= 4 is 5.91 Å². The van der Waals surface area contributed by atoms with E-state index in [-0.39, 0.29) is 5.91 Å². The lowest BCUT2D eigenvalue weighted by molar-refractivity contribution is 0.0947. The topological polar surface area (TPSA) is 50.2 Å². The fourth-order valence-corrected chi connectivity index (χ4v) is 3.97. The van der Waals surface area contributed by atoms with E-state index in [1.165, 1.54) is 24.1 Å². The number of hydrogen-bond donors (Lipinski definition) is 1. The zero-order chi connectivity index (χ0) is 19.2. The maximum atomic E-state index is 12.8. The predicted molar refractivity (Wildman–Crippen MR) is 109 cm³/mol. The molecule has 0 aliphatic heterocycles. The molecule has 0 saturated carbocycles. The molecule has 0 fully saturated rings. The highest BCUT2D eigenvalue weighted by molar-refractivity contribution is 5.94. The third-order valence-corrected chi connectivity index (χ3v) is 5.67. The van der Waals surface area contributed by atoms with Crippen LogP contribution in [0.1, 0.15) is 53.5 Å². The van der Waals surface area contributed by atoms with Gasteiger partial charge in [0, 0.05) is 30.9 Å². The summed E-state index contributed by atoms with van der Waals surface area (Å²) in [5.41, 5.74) is 4.23. The number of fused-ring (bicyclic) bond motifs is 1. The van der Waals surface area contributed by atoms with Gasteiger partial charge in [0.15, 0.2) is 5.69 Å². The predicted octanol–water partition coefficient (Wildman–Crippen LogP) is 2.98. The number of carbonyl (C=O) groups is 1. The van der Waals surface area contributed by atoms with Crippen molar-refractivity contribution in [1.29, 1.82) is 0 Å². The van der Waals surface area contributed by atoms with Gasteiger partial charge in [0.1, 0.15) is 0 Å². The van der Waals surface area contributed by atoms with Crippen LogP contribution in [0.15, 0.2) is 30.3 Å². The Kier molecular flexibility index (Phi) is 6.67. The molecule has 1 heterocycles. The molecule has 1 atom stereocenters. The molecule has 0 saturated heterocycles. The van der Waals surface area contributed by atoms with Crippen molar-refractivity contribution in [2.75, 3.05) is 20.1 Å². The molecule has 0 bridgehead atoms. The highest BCUT2D eigenvalue weighted by atomic mass is 16.1. The monoisotopic (exact) mass is 368 g/mol. The van der Waals surface area contributed by atoms with E-state index in [9.17, 15) is 4.79 Å². The molecule has 1 N–H and O–H groups in total. The molecule has 3 rings (SSSR count). The number of carbonyl (C=O) groups excluding carboxylic acids is 1. The van der Waals surface area contributed by atoms with E-state index in [0.717, 1.165) is 37.8 Å². The van der Waals surface area contributed by atoms with E-state index in [0.29, 0.717) is 18.3 Å². The number of nitrogens with zero attached hydrogens (tertiary/aromatic N) is 3. The number of amides is 1. The van der Waals surface area contributed by atoms with Gasteiger partial charge in [-0.25, -0.2) is 0 Å². The van der Waals surface area contributed by atoms with E-state index in [1.54, 1.807) is 0 Å². The molecule has 5 nitrogen and oxygen atoms in total. The Balaban J connectivity index is 1.64. The molecule has 5 heteroatoms. The van der Waals surface area contributed by atoms with Crippen molar-refractivity contribution in [2.24, 2.45) is 7.05 Å². The summed E-state index contributed by atoms with van der Waals surface area (Å²) in [6.07, 6.45) is 6.33. The number of nitrogens with one attached hydrogen (secondary N) is 1. The van der Waals surface area contributed by atoms with E-state index < -0.39 is 0 Å². The van der Waals surface area contributed by atoms with Crippen LogP contribution in [0.3, 0.4) is 0 Å². The van der Waals surface area contributed by atoms with Gasteiger partial charge in [-0.3, -0.25) is 9.48 Å². The minimum absolute atomic E-state index is 0.0420. The normalized spacial score (nSPS) is 16.4. The molecule has 27 heavy (non-hydrogen) atoms. The minimum atomic E-state index is -0.0420. The first-order valence-corrected chi connectivity index (χ1v) is 10.2. The number of hydrogen-bond acceptors (Lipinski definition) is 3. The molecule has 2 aromatic rings. The fraction of sp³-hybridized carbons (Fsp3) is 0.545. The zero-order valence-corrected chi connectivity index (χ0v) is 16.9. The van der Waals surface area contributed by atoms with Crippen molar-refractivity contribution in [2.45, 2.75) is 51.5 Å². The SMILES string of the molecule is CCCCN(C)[C@@H]1CCc2c(c(C(=O)NCCc3ccccc3)nn2C)C1. The van der Waals surface area contributed by atoms with E-state index in [1.807, 2.05) is 29.9 Å². The van der Waals surface area contributed by atoms with E-state index >= 15 is 0 Å². The van der Waals surface area contributed by atoms with Crippen LogP contribution in [-0.4, -0.2) is 46.8 Å². The lowest BCUT2D eigenvalue weighted by Gasteiger charge is -2.31. The third-order valence-electron chi connectivity index (χ3n) is 5.67. The molecule has 1 amide bonds. The van der Waals surface area contributed by atoms with E-state index in [2.05, 4.69) is 41.4 Å². The lowest BCUT2D eigenvalue weighted by atomic mass is 9.90. The fourth-order valence-electron chi connectivity index (χ4n) is 3.97. The lowest BCUT2D eigenvalue weighted by Crippen LogP contribution is -2.38. The number of likely N-dealkylation sites (N-methyl/N-ethyl adjacent to an activating group) is 1. The maximum absolute atomic E-state index is 12.8. The summed E-state index contributed by atoms with van der Waals surface area (Å²) in [5.74, 6) is -0.0420. The zero-order valence-electron chi connectivity index (χ0n) is 16.9. The van der Waals surface area contributed by atoms with Crippen molar-refractivity contribution < 1.29 is 4.79 Å². The first kappa shape index (κ1) is 19.6. The summed E-state index contributed by atoms with van der Waals surface area (Å²) in [4.78, 5) is 15.2. The van der Waals surface area contributed by atoms with Crippen molar-refractivity contribution in [3.8, 4) is 0 Å². The molecule has 1 aliphatic carbocycles. The van der Waals surface area contributed by atoms with Crippen LogP contribution in [0, 0.1) is 0 Å². The van der Waals surface area contributed by atoms with Crippen LogP contribution in [0.2, 0.25) is 0 Å². The van der Waals surface area contributed by atoms with Crippen molar-refractivity contribution in [1.82, 2.24) is 20.0 Å². The highest BCUT2D eigenvalue weighted by Crippen LogP contribution is 2.26. The standard InChI is InChI=1S/C22H32N4O/c1-4-5-15-25(2)18-11-12-20-19(16-18)21(24-26(20)3)22(27)23-14-13-17-9-7-6-8-10-17/h6-10,18H,4-5,11-16H2,1-3H3,(H,23,27)/t18-/m1/s1. The van der Waals surface area contributed by atoms with Crippen molar-refractivity contribution in [3.05, 3.63) is 52.8 Å². The molecule has 1 aromatic heterocycles. The van der Waals surface area contributed by atoms with Crippen molar-refractivity contribution in [3.63, 3.8) is 0 Å². The van der Waals surface area contributed by atoms with Crippen LogP contribution in [0.25, 0.3) is 0 Å². The van der Waals surface area contributed by atoms with Gasteiger partial charge in [0.2, 0.25) is 0 Å².